The molecule has 3 aromatic rings. The molecule has 0 atom stereocenters. The maximum atomic E-state index is 14.5. The number of aryl methyl sites for hydroxylation is 1. The van der Waals surface area contributed by atoms with Gasteiger partial charge in [0, 0.05) is 62.1 Å². The van der Waals surface area contributed by atoms with E-state index in [1.807, 2.05) is 15.8 Å². The van der Waals surface area contributed by atoms with E-state index in [9.17, 15) is 9.59 Å². The molecular weight excluding hydrogens is 614 g/mol. The molecule has 0 N–H and O–H groups in total. The van der Waals surface area contributed by atoms with E-state index in [0.29, 0.717) is 24.9 Å². The van der Waals surface area contributed by atoms with Gasteiger partial charge in [-0.1, -0.05) is 24.3 Å². The Kier molecular flexibility index (Phi) is 11.3. The van der Waals surface area contributed by atoms with Gasteiger partial charge in [-0.25, -0.2) is 4.79 Å². The van der Waals surface area contributed by atoms with Crippen LogP contribution in [0.5, 0.6) is 5.75 Å². The van der Waals surface area contributed by atoms with Crippen LogP contribution in [0.2, 0.25) is 0 Å². The number of hydrogen-bond donors (Lipinski definition) is 0. The lowest BCUT2D eigenvalue weighted by atomic mass is 9.78. The van der Waals surface area contributed by atoms with Crippen molar-refractivity contribution in [2.45, 2.75) is 90.2 Å². The second-order valence-electron chi connectivity index (χ2n) is 14.9. The van der Waals surface area contributed by atoms with E-state index in [-0.39, 0.29) is 30.1 Å². The number of methoxy groups -OCH3 is 1. The molecule has 1 saturated heterocycles. The molecule has 2 amide bonds. The van der Waals surface area contributed by atoms with E-state index < -0.39 is 0 Å². The highest BCUT2D eigenvalue weighted by atomic mass is 16.6. The van der Waals surface area contributed by atoms with E-state index in [1.54, 1.807) is 7.11 Å². The van der Waals surface area contributed by atoms with Crippen LogP contribution in [-0.2, 0) is 9.53 Å². The zero-order valence-electron chi connectivity index (χ0n) is 30.1. The van der Waals surface area contributed by atoms with Gasteiger partial charge in [-0.15, -0.1) is 0 Å². The first-order chi connectivity index (χ1) is 23.7. The smallest absolute Gasteiger partial charge is 0.410 e. The van der Waals surface area contributed by atoms with Crippen molar-refractivity contribution in [1.29, 1.82) is 0 Å². The van der Waals surface area contributed by atoms with Crippen LogP contribution in [0.4, 0.5) is 10.5 Å². The SMILES string of the molecule is COc1ccc([C@H]2CC[C@H](CN(c3cccc(-c4cnn(C(C)C)c4)c3)C(=O)[C@H]3CC[C@H](OC(=O)N4CCN(C)CC4)CC3)CC2)cc1C. The molecule has 0 unspecified atom stereocenters. The first-order valence-corrected chi connectivity index (χ1v) is 18.4. The Labute approximate surface area is 292 Å². The number of ether oxygens (including phenoxy) is 2. The molecule has 2 heterocycles. The molecule has 2 aliphatic carbocycles. The van der Waals surface area contributed by atoms with Gasteiger partial charge in [-0.2, -0.15) is 5.10 Å². The predicted octanol–water partition coefficient (Wildman–Crippen LogP) is 7.70. The number of nitrogens with zero attached hydrogens (tertiary/aromatic N) is 5. The Hall–Kier alpha value is -3.85. The summed E-state index contributed by atoms with van der Waals surface area (Å²) < 4.78 is 13.4. The summed E-state index contributed by atoms with van der Waals surface area (Å²) in [5.41, 5.74) is 5.66. The zero-order chi connectivity index (χ0) is 34.5. The van der Waals surface area contributed by atoms with Gasteiger partial charge in [0.15, 0.2) is 0 Å². The summed E-state index contributed by atoms with van der Waals surface area (Å²) in [6.45, 7) is 10.2. The normalized spacial score (nSPS) is 23.3. The van der Waals surface area contributed by atoms with Crippen molar-refractivity contribution in [3.05, 3.63) is 66.0 Å². The molecule has 0 spiro atoms. The minimum absolute atomic E-state index is 0.0791. The standard InChI is InChI=1S/C40H55N5O4/c1-28(2)45-27-35(25-41-45)33-7-6-8-36(24-33)44(26-30-9-11-31(12-10-30)34-15-18-38(48-5)29(3)23-34)39(46)32-13-16-37(17-14-32)49-40(47)43-21-19-42(4)20-22-43/h6-8,15,18,23-25,27-28,30-32,37H,9-14,16-17,19-22,26H2,1-5H3/t30-,31-,32-,37-. The number of benzene rings is 2. The predicted molar refractivity (Wildman–Crippen MR) is 194 cm³/mol. The second-order valence-corrected chi connectivity index (χ2v) is 14.9. The monoisotopic (exact) mass is 669 g/mol. The molecule has 264 valence electrons. The molecule has 1 aliphatic heterocycles. The average molecular weight is 670 g/mol. The summed E-state index contributed by atoms with van der Waals surface area (Å²) in [4.78, 5) is 33.5. The number of rotatable bonds is 9. The van der Waals surface area contributed by atoms with Crippen molar-refractivity contribution in [3.63, 3.8) is 0 Å². The third-order valence-electron chi connectivity index (χ3n) is 11.1. The number of carbonyl (C=O) groups is 2. The van der Waals surface area contributed by atoms with E-state index in [4.69, 9.17) is 9.47 Å². The van der Waals surface area contributed by atoms with Crippen molar-refractivity contribution in [2.75, 3.05) is 51.8 Å². The number of likely N-dealkylation sites (N-methyl/N-ethyl adjacent to an activating group) is 1. The summed E-state index contributed by atoms with van der Waals surface area (Å²) >= 11 is 0. The van der Waals surface area contributed by atoms with Gasteiger partial charge < -0.3 is 24.2 Å². The second kappa shape index (κ2) is 15.8. The van der Waals surface area contributed by atoms with Gasteiger partial charge in [0.1, 0.15) is 11.9 Å². The van der Waals surface area contributed by atoms with Gasteiger partial charge >= 0.3 is 6.09 Å². The largest absolute Gasteiger partial charge is 0.496 e. The lowest BCUT2D eigenvalue weighted by Gasteiger charge is -2.37. The summed E-state index contributed by atoms with van der Waals surface area (Å²) in [7, 11) is 3.81. The van der Waals surface area contributed by atoms with E-state index in [1.165, 1.54) is 11.1 Å². The van der Waals surface area contributed by atoms with Gasteiger partial charge in [0.25, 0.3) is 0 Å². The van der Waals surface area contributed by atoms with Crippen molar-refractivity contribution in [2.24, 2.45) is 11.8 Å². The first-order valence-electron chi connectivity index (χ1n) is 18.4. The maximum Gasteiger partial charge on any atom is 0.410 e. The van der Waals surface area contributed by atoms with E-state index >= 15 is 0 Å². The molecule has 6 rings (SSSR count). The first kappa shape index (κ1) is 35.0. The molecular formula is C40H55N5O4. The molecule has 3 fully saturated rings. The molecule has 49 heavy (non-hydrogen) atoms. The number of aromatic nitrogens is 2. The summed E-state index contributed by atoms with van der Waals surface area (Å²) in [5, 5.41) is 4.56. The molecule has 1 aromatic heterocycles. The Balaban J connectivity index is 1.14. The number of anilines is 1. The maximum absolute atomic E-state index is 14.5. The minimum atomic E-state index is -0.206. The zero-order valence-corrected chi connectivity index (χ0v) is 30.1. The van der Waals surface area contributed by atoms with Crippen LogP contribution in [0.1, 0.15) is 88.3 Å². The molecule has 9 heteroatoms. The van der Waals surface area contributed by atoms with Gasteiger partial charge in [0.2, 0.25) is 5.91 Å². The number of hydrogen-bond acceptors (Lipinski definition) is 6. The van der Waals surface area contributed by atoms with Crippen molar-refractivity contribution >= 4 is 17.7 Å². The van der Waals surface area contributed by atoms with Crippen LogP contribution in [0.3, 0.4) is 0 Å². The van der Waals surface area contributed by atoms with Gasteiger partial charge in [-0.05, 0) is 126 Å². The highest BCUT2D eigenvalue weighted by molar-refractivity contribution is 5.95. The lowest BCUT2D eigenvalue weighted by Crippen LogP contribution is -2.48. The summed E-state index contributed by atoms with van der Waals surface area (Å²) in [5.74, 6) is 2.03. The quantitative estimate of drug-likeness (QED) is 0.232. The fraction of sp³-hybridized carbons (Fsp3) is 0.575. The molecule has 3 aliphatic rings. The van der Waals surface area contributed by atoms with Gasteiger partial charge in [-0.3, -0.25) is 9.48 Å². The number of carbonyl (C=O) groups excluding carboxylic acids is 2. The van der Waals surface area contributed by atoms with Crippen LogP contribution in [0.25, 0.3) is 11.1 Å². The Bertz CT molecular complexity index is 1560. The number of amides is 2. The molecule has 2 saturated carbocycles. The molecule has 2 aromatic carbocycles. The third-order valence-corrected chi connectivity index (χ3v) is 11.1. The van der Waals surface area contributed by atoms with Gasteiger partial charge in [0.05, 0.1) is 13.3 Å². The molecule has 0 radical (unpaired) electrons. The van der Waals surface area contributed by atoms with Crippen molar-refractivity contribution in [3.8, 4) is 16.9 Å². The Morgan fingerprint density at radius 1 is 0.918 bits per heavy atom. The third kappa shape index (κ3) is 8.48. The van der Waals surface area contributed by atoms with Crippen LogP contribution in [0, 0.1) is 18.8 Å². The van der Waals surface area contributed by atoms with Crippen LogP contribution in [0.15, 0.2) is 54.9 Å². The van der Waals surface area contributed by atoms with Crippen LogP contribution >= 0.6 is 0 Å². The topological polar surface area (TPSA) is 80.1 Å². The average Bonchev–Trinajstić information content (AvgIpc) is 3.63. The van der Waals surface area contributed by atoms with Crippen LogP contribution < -0.4 is 9.64 Å². The summed E-state index contributed by atoms with van der Waals surface area (Å²) in [6, 6.07) is 15.3. The number of piperazine rings is 1. The lowest BCUT2D eigenvalue weighted by molar-refractivity contribution is -0.124. The Morgan fingerprint density at radius 2 is 1.65 bits per heavy atom. The minimum Gasteiger partial charge on any atom is -0.496 e. The van der Waals surface area contributed by atoms with E-state index in [2.05, 4.69) is 91.4 Å². The Morgan fingerprint density at radius 3 is 2.31 bits per heavy atom. The van der Waals surface area contributed by atoms with Crippen molar-refractivity contribution in [1.82, 2.24) is 19.6 Å². The fourth-order valence-electron chi connectivity index (χ4n) is 7.89. The fourth-order valence-corrected chi connectivity index (χ4v) is 7.89. The van der Waals surface area contributed by atoms with E-state index in [0.717, 1.165) is 93.6 Å². The van der Waals surface area contributed by atoms with Crippen molar-refractivity contribution < 1.29 is 19.1 Å². The highest BCUT2D eigenvalue weighted by Gasteiger charge is 2.34. The molecule has 9 nitrogen and oxygen atoms in total. The molecule has 0 bridgehead atoms. The summed E-state index contributed by atoms with van der Waals surface area (Å²) in [6.07, 6.45) is 11.0. The van der Waals surface area contributed by atoms with Crippen LogP contribution in [-0.4, -0.2) is 84.6 Å². The highest BCUT2D eigenvalue weighted by Crippen LogP contribution is 2.39.